The number of rotatable bonds is 2. The predicted molar refractivity (Wildman–Crippen MR) is 69.5 cm³/mol. The van der Waals surface area contributed by atoms with Gasteiger partial charge in [0.05, 0.1) is 6.10 Å². The lowest BCUT2D eigenvalue weighted by Crippen LogP contribution is -2.38. The molecule has 0 saturated heterocycles. The first-order chi connectivity index (χ1) is 8.00. The second kappa shape index (κ2) is 5.42. The summed E-state index contributed by atoms with van der Waals surface area (Å²) < 4.78 is 12.0. The monoisotopic (exact) mass is 260 g/mol. The minimum atomic E-state index is -3.00. The molecule has 3 nitrogen and oxygen atoms in total. The van der Waals surface area contributed by atoms with Gasteiger partial charge in [-0.1, -0.05) is 25.7 Å². The molecule has 2 aliphatic carbocycles. The highest BCUT2D eigenvalue weighted by atomic mass is 31.2. The molecule has 2 rings (SSSR count). The summed E-state index contributed by atoms with van der Waals surface area (Å²) in [6.07, 6.45) is 8.11. The highest BCUT2D eigenvalue weighted by Gasteiger charge is 2.42. The molecular formula is C13H25O3P. The first-order valence-corrected chi connectivity index (χ1v) is 9.16. The summed E-state index contributed by atoms with van der Waals surface area (Å²) in [5.41, 5.74) is -0.0611. The Bertz CT molecular complexity index is 299. The maximum absolute atomic E-state index is 12.0. The second-order valence-electron chi connectivity index (χ2n) is 5.97. The standard InChI is InChI=1S/C13H25O3P/c1-17(15,16)13-9-5-3-7-11(13)10-6-2-4-8-12(10)14/h10-14H,2-9H2,1H3,(H,15,16). The lowest BCUT2D eigenvalue weighted by atomic mass is 9.71. The summed E-state index contributed by atoms with van der Waals surface area (Å²) in [4.78, 5) is 9.90. The summed E-state index contributed by atoms with van der Waals surface area (Å²) in [5.74, 6) is 0.550. The van der Waals surface area contributed by atoms with Crippen LogP contribution in [0.2, 0.25) is 0 Å². The molecule has 4 heteroatoms. The van der Waals surface area contributed by atoms with Gasteiger partial charge in [-0.2, -0.15) is 0 Å². The van der Waals surface area contributed by atoms with Crippen LogP contribution in [0.5, 0.6) is 0 Å². The summed E-state index contributed by atoms with van der Waals surface area (Å²) in [6, 6.07) is 0. The predicted octanol–water partition coefficient (Wildman–Crippen LogP) is 3.00. The van der Waals surface area contributed by atoms with E-state index in [1.165, 1.54) is 13.1 Å². The normalized spacial score (nSPS) is 43.0. The average molecular weight is 260 g/mol. The zero-order valence-electron chi connectivity index (χ0n) is 10.7. The zero-order chi connectivity index (χ0) is 12.5. The Labute approximate surface area is 104 Å². The summed E-state index contributed by atoms with van der Waals surface area (Å²) in [6.45, 7) is 1.51. The van der Waals surface area contributed by atoms with Crippen LogP contribution in [0.25, 0.3) is 0 Å². The van der Waals surface area contributed by atoms with E-state index in [1.807, 2.05) is 0 Å². The van der Waals surface area contributed by atoms with Gasteiger partial charge in [-0.05, 0) is 37.5 Å². The Hall–Kier alpha value is 0.150. The fraction of sp³-hybridized carbons (Fsp3) is 1.00. The third-order valence-corrected chi connectivity index (χ3v) is 6.60. The van der Waals surface area contributed by atoms with Gasteiger partial charge in [-0.25, -0.2) is 0 Å². The van der Waals surface area contributed by atoms with Crippen molar-refractivity contribution < 1.29 is 14.6 Å². The molecule has 2 N–H and O–H groups in total. The van der Waals surface area contributed by atoms with E-state index in [9.17, 15) is 14.6 Å². The maximum atomic E-state index is 12.0. The number of hydrogen-bond acceptors (Lipinski definition) is 2. The number of hydrogen-bond donors (Lipinski definition) is 2. The lowest BCUT2D eigenvalue weighted by Gasteiger charge is -2.42. The molecule has 0 amide bonds. The van der Waals surface area contributed by atoms with E-state index in [2.05, 4.69) is 0 Å². The van der Waals surface area contributed by atoms with Crippen LogP contribution in [-0.2, 0) is 4.57 Å². The largest absolute Gasteiger partial charge is 0.393 e. The van der Waals surface area contributed by atoms with E-state index in [0.29, 0.717) is 0 Å². The molecule has 0 radical (unpaired) electrons. The minimum Gasteiger partial charge on any atom is -0.393 e. The molecule has 0 aromatic rings. The molecule has 100 valence electrons. The van der Waals surface area contributed by atoms with Gasteiger partial charge in [0.15, 0.2) is 0 Å². The maximum Gasteiger partial charge on any atom is 0.200 e. The SMILES string of the molecule is CP(=O)(O)C1CCCCC1C1CCCCC1O. The molecule has 17 heavy (non-hydrogen) atoms. The van der Waals surface area contributed by atoms with Gasteiger partial charge in [-0.15, -0.1) is 0 Å². The van der Waals surface area contributed by atoms with Crippen molar-refractivity contribution in [3.05, 3.63) is 0 Å². The van der Waals surface area contributed by atoms with Gasteiger partial charge in [0, 0.05) is 12.3 Å². The molecule has 0 spiro atoms. The van der Waals surface area contributed by atoms with E-state index in [-0.39, 0.29) is 23.6 Å². The average Bonchev–Trinajstić information content (AvgIpc) is 2.28. The minimum absolute atomic E-state index is 0.0611. The number of aliphatic hydroxyl groups is 1. The van der Waals surface area contributed by atoms with Gasteiger partial charge in [-0.3, -0.25) is 4.57 Å². The van der Waals surface area contributed by atoms with E-state index in [1.54, 1.807) is 0 Å². The van der Waals surface area contributed by atoms with E-state index in [0.717, 1.165) is 44.9 Å². The lowest BCUT2D eigenvalue weighted by molar-refractivity contribution is 0.0259. The van der Waals surface area contributed by atoms with Crippen molar-refractivity contribution in [1.82, 2.24) is 0 Å². The van der Waals surface area contributed by atoms with E-state index >= 15 is 0 Å². The molecular weight excluding hydrogens is 235 g/mol. The second-order valence-corrected chi connectivity index (χ2v) is 8.52. The summed E-state index contributed by atoms with van der Waals surface area (Å²) >= 11 is 0. The van der Waals surface area contributed by atoms with Crippen molar-refractivity contribution in [2.24, 2.45) is 11.8 Å². The van der Waals surface area contributed by atoms with Gasteiger partial charge in [0.1, 0.15) is 0 Å². The fourth-order valence-electron chi connectivity index (χ4n) is 3.87. The van der Waals surface area contributed by atoms with Crippen molar-refractivity contribution >= 4 is 7.37 Å². The van der Waals surface area contributed by atoms with Crippen molar-refractivity contribution in [3.63, 3.8) is 0 Å². The molecule has 0 aliphatic heterocycles. The zero-order valence-corrected chi connectivity index (χ0v) is 11.6. The smallest absolute Gasteiger partial charge is 0.200 e. The van der Waals surface area contributed by atoms with Crippen molar-refractivity contribution in [2.75, 3.05) is 6.66 Å². The first kappa shape index (κ1) is 13.6. The van der Waals surface area contributed by atoms with Crippen molar-refractivity contribution in [2.45, 2.75) is 63.1 Å². The van der Waals surface area contributed by atoms with Crippen LogP contribution in [0.3, 0.4) is 0 Å². The van der Waals surface area contributed by atoms with Crippen molar-refractivity contribution in [3.8, 4) is 0 Å². The first-order valence-electron chi connectivity index (χ1n) is 6.98. The third-order valence-electron chi connectivity index (χ3n) is 4.73. The molecule has 5 unspecified atom stereocenters. The third kappa shape index (κ3) is 3.13. The Morgan fingerprint density at radius 3 is 2.06 bits per heavy atom. The van der Waals surface area contributed by atoms with Gasteiger partial charge in [0.2, 0.25) is 7.37 Å². The topological polar surface area (TPSA) is 57.5 Å². The van der Waals surface area contributed by atoms with Crippen LogP contribution < -0.4 is 0 Å². The Morgan fingerprint density at radius 2 is 1.47 bits per heavy atom. The van der Waals surface area contributed by atoms with Crippen LogP contribution in [0.15, 0.2) is 0 Å². The quantitative estimate of drug-likeness (QED) is 0.750. The molecule has 2 fully saturated rings. The molecule has 2 saturated carbocycles. The highest BCUT2D eigenvalue weighted by molar-refractivity contribution is 7.57. The fourth-order valence-corrected chi connectivity index (χ4v) is 5.62. The summed E-state index contributed by atoms with van der Waals surface area (Å²) in [7, 11) is -3.00. The molecule has 0 bridgehead atoms. The van der Waals surface area contributed by atoms with Crippen LogP contribution >= 0.6 is 7.37 Å². The van der Waals surface area contributed by atoms with E-state index < -0.39 is 7.37 Å². The van der Waals surface area contributed by atoms with Crippen LogP contribution in [-0.4, -0.2) is 28.4 Å². The molecule has 0 aromatic heterocycles. The number of aliphatic hydroxyl groups excluding tert-OH is 1. The van der Waals surface area contributed by atoms with Crippen LogP contribution in [0.1, 0.15) is 51.4 Å². The van der Waals surface area contributed by atoms with E-state index in [4.69, 9.17) is 0 Å². The molecule has 0 heterocycles. The van der Waals surface area contributed by atoms with Crippen LogP contribution in [0, 0.1) is 11.8 Å². The van der Waals surface area contributed by atoms with Gasteiger partial charge in [0.25, 0.3) is 0 Å². The Kier molecular flexibility index (Phi) is 4.33. The molecule has 5 atom stereocenters. The summed E-state index contributed by atoms with van der Waals surface area (Å²) in [5, 5.41) is 10.1. The molecule has 0 aromatic carbocycles. The van der Waals surface area contributed by atoms with Crippen LogP contribution in [0.4, 0.5) is 0 Å². The van der Waals surface area contributed by atoms with Gasteiger partial charge < -0.3 is 10.00 Å². The van der Waals surface area contributed by atoms with Crippen molar-refractivity contribution in [1.29, 1.82) is 0 Å². The Balaban J connectivity index is 2.12. The highest BCUT2D eigenvalue weighted by Crippen LogP contribution is 2.54. The Morgan fingerprint density at radius 1 is 0.941 bits per heavy atom. The van der Waals surface area contributed by atoms with Gasteiger partial charge >= 0.3 is 0 Å². The molecule has 2 aliphatic rings.